The molecule has 152 valence electrons. The number of hydrogen-bond acceptors (Lipinski definition) is 6. The lowest BCUT2D eigenvalue weighted by atomic mass is 10.2. The zero-order valence-corrected chi connectivity index (χ0v) is 17.6. The standard InChI is InChI=1S/C18H17N3O5S3/c1-19-28(23,24)16-5-2-4-15(12-16)20-18(22)13-7-9-14(10-8-13)21-29(25,26)17-6-3-11-27-17/h2-12,19,21H,1H3,(H,20,22). The van der Waals surface area contributed by atoms with Crippen LogP contribution in [0.3, 0.4) is 0 Å². The molecule has 8 nitrogen and oxygen atoms in total. The first-order valence-electron chi connectivity index (χ1n) is 8.23. The predicted octanol–water partition coefficient (Wildman–Crippen LogP) is 2.71. The van der Waals surface area contributed by atoms with E-state index in [0.29, 0.717) is 11.4 Å². The number of hydrogen-bond donors (Lipinski definition) is 3. The van der Waals surface area contributed by atoms with E-state index < -0.39 is 26.0 Å². The van der Waals surface area contributed by atoms with Gasteiger partial charge >= 0.3 is 0 Å². The maximum atomic E-state index is 12.4. The number of anilines is 2. The minimum atomic E-state index is -3.67. The van der Waals surface area contributed by atoms with Crippen LogP contribution in [0.1, 0.15) is 10.4 Å². The Bertz CT molecular complexity index is 1220. The topological polar surface area (TPSA) is 121 Å². The molecule has 1 amide bonds. The Morgan fingerprint density at radius 3 is 2.21 bits per heavy atom. The first-order chi connectivity index (χ1) is 13.7. The van der Waals surface area contributed by atoms with Crippen LogP contribution in [-0.2, 0) is 20.0 Å². The van der Waals surface area contributed by atoms with Crippen molar-refractivity contribution >= 4 is 48.7 Å². The summed E-state index contributed by atoms with van der Waals surface area (Å²) in [5, 5.41) is 4.28. The van der Waals surface area contributed by atoms with E-state index in [1.165, 1.54) is 55.6 Å². The fourth-order valence-electron chi connectivity index (χ4n) is 2.37. The summed E-state index contributed by atoms with van der Waals surface area (Å²) in [5.41, 5.74) is 0.914. The largest absolute Gasteiger partial charge is 0.322 e. The highest BCUT2D eigenvalue weighted by atomic mass is 32.2. The number of rotatable bonds is 7. The first-order valence-corrected chi connectivity index (χ1v) is 12.1. The summed E-state index contributed by atoms with van der Waals surface area (Å²) >= 11 is 1.10. The number of benzene rings is 2. The van der Waals surface area contributed by atoms with E-state index in [-0.39, 0.29) is 14.7 Å². The summed E-state index contributed by atoms with van der Waals surface area (Å²) in [4.78, 5) is 12.4. The minimum Gasteiger partial charge on any atom is -0.322 e. The van der Waals surface area contributed by atoms with Gasteiger partial charge in [0, 0.05) is 16.9 Å². The minimum absolute atomic E-state index is 0.0242. The van der Waals surface area contributed by atoms with Crippen molar-refractivity contribution in [3.63, 3.8) is 0 Å². The molecule has 0 saturated carbocycles. The van der Waals surface area contributed by atoms with Crippen LogP contribution in [0.15, 0.2) is 75.1 Å². The second kappa shape index (κ2) is 8.33. The molecule has 1 aromatic heterocycles. The van der Waals surface area contributed by atoms with Crippen molar-refractivity contribution in [3.05, 3.63) is 71.6 Å². The Morgan fingerprint density at radius 2 is 1.59 bits per heavy atom. The molecule has 3 rings (SSSR count). The summed E-state index contributed by atoms with van der Waals surface area (Å²) in [6.45, 7) is 0. The quantitative estimate of drug-likeness (QED) is 0.510. The molecule has 0 atom stereocenters. The molecular formula is C18H17N3O5S3. The highest BCUT2D eigenvalue weighted by molar-refractivity contribution is 7.94. The van der Waals surface area contributed by atoms with Crippen LogP contribution in [0.2, 0.25) is 0 Å². The number of carbonyl (C=O) groups excluding carboxylic acids is 1. The van der Waals surface area contributed by atoms with Crippen LogP contribution in [0, 0.1) is 0 Å². The fraction of sp³-hybridized carbons (Fsp3) is 0.0556. The number of sulfonamides is 2. The molecule has 3 aromatic rings. The van der Waals surface area contributed by atoms with Gasteiger partial charge in [0.1, 0.15) is 4.21 Å². The molecule has 1 heterocycles. The summed E-state index contributed by atoms with van der Waals surface area (Å²) in [6.07, 6.45) is 0. The third-order valence-corrected chi connectivity index (χ3v) is 8.02. The Morgan fingerprint density at radius 1 is 0.862 bits per heavy atom. The first kappa shape index (κ1) is 21.0. The van der Waals surface area contributed by atoms with Crippen molar-refractivity contribution in [3.8, 4) is 0 Å². The van der Waals surface area contributed by atoms with Crippen LogP contribution in [0.4, 0.5) is 11.4 Å². The molecule has 0 aliphatic heterocycles. The van der Waals surface area contributed by atoms with E-state index in [0.717, 1.165) is 11.3 Å². The van der Waals surface area contributed by atoms with Gasteiger partial charge in [0.2, 0.25) is 10.0 Å². The number of carbonyl (C=O) groups is 1. The van der Waals surface area contributed by atoms with Crippen LogP contribution in [-0.4, -0.2) is 29.8 Å². The number of thiophene rings is 1. The van der Waals surface area contributed by atoms with Gasteiger partial charge in [-0.05, 0) is 61.0 Å². The molecule has 0 aliphatic rings. The van der Waals surface area contributed by atoms with Crippen LogP contribution < -0.4 is 14.8 Å². The van der Waals surface area contributed by atoms with E-state index in [1.807, 2.05) is 0 Å². The van der Waals surface area contributed by atoms with Gasteiger partial charge < -0.3 is 5.32 Å². The van der Waals surface area contributed by atoms with Crippen molar-refractivity contribution in [2.24, 2.45) is 0 Å². The molecule has 29 heavy (non-hydrogen) atoms. The van der Waals surface area contributed by atoms with E-state index in [9.17, 15) is 21.6 Å². The molecule has 0 bridgehead atoms. The lowest BCUT2D eigenvalue weighted by Crippen LogP contribution is -2.19. The van der Waals surface area contributed by atoms with Gasteiger partial charge in [-0.25, -0.2) is 21.6 Å². The molecular weight excluding hydrogens is 434 g/mol. The van der Waals surface area contributed by atoms with Crippen molar-refractivity contribution in [2.45, 2.75) is 9.10 Å². The second-order valence-corrected chi connectivity index (χ2v) is 10.5. The van der Waals surface area contributed by atoms with Gasteiger partial charge in [0.15, 0.2) is 0 Å². The third-order valence-electron chi connectivity index (χ3n) is 3.83. The van der Waals surface area contributed by atoms with Gasteiger partial charge in [-0.1, -0.05) is 12.1 Å². The lowest BCUT2D eigenvalue weighted by Gasteiger charge is -2.09. The van der Waals surface area contributed by atoms with E-state index >= 15 is 0 Å². The van der Waals surface area contributed by atoms with Crippen molar-refractivity contribution < 1.29 is 21.6 Å². The Kier molecular flexibility index (Phi) is 6.03. The van der Waals surface area contributed by atoms with E-state index in [1.54, 1.807) is 17.5 Å². The van der Waals surface area contributed by atoms with Crippen molar-refractivity contribution in [1.29, 1.82) is 0 Å². The molecule has 0 radical (unpaired) electrons. The molecule has 0 saturated heterocycles. The van der Waals surface area contributed by atoms with Gasteiger partial charge in [-0.15, -0.1) is 11.3 Å². The predicted molar refractivity (Wildman–Crippen MR) is 112 cm³/mol. The second-order valence-electron chi connectivity index (χ2n) is 5.80. The summed E-state index contributed by atoms with van der Waals surface area (Å²) in [5.74, 6) is -0.461. The Hall–Kier alpha value is -2.73. The zero-order chi connectivity index (χ0) is 21.1. The fourth-order valence-corrected chi connectivity index (χ4v) is 5.20. The molecule has 0 aliphatic carbocycles. The normalized spacial score (nSPS) is 11.8. The van der Waals surface area contributed by atoms with E-state index in [2.05, 4.69) is 14.8 Å². The smallest absolute Gasteiger partial charge is 0.271 e. The Balaban J connectivity index is 1.72. The molecule has 0 spiro atoms. The molecule has 11 heteroatoms. The monoisotopic (exact) mass is 451 g/mol. The summed E-state index contributed by atoms with van der Waals surface area (Å²) in [7, 11) is -6.00. The molecule has 3 N–H and O–H groups in total. The van der Waals surface area contributed by atoms with Gasteiger partial charge in [-0.3, -0.25) is 9.52 Å². The van der Waals surface area contributed by atoms with Gasteiger partial charge in [0.05, 0.1) is 4.90 Å². The third kappa shape index (κ3) is 5.01. The molecule has 0 unspecified atom stereocenters. The number of nitrogens with one attached hydrogen (secondary N) is 3. The zero-order valence-electron chi connectivity index (χ0n) is 15.1. The maximum Gasteiger partial charge on any atom is 0.271 e. The van der Waals surface area contributed by atoms with Crippen molar-refractivity contribution in [1.82, 2.24) is 4.72 Å². The maximum absolute atomic E-state index is 12.4. The Labute approximate surface area is 172 Å². The summed E-state index contributed by atoms with van der Waals surface area (Å²) < 4.78 is 53.0. The highest BCUT2D eigenvalue weighted by Crippen LogP contribution is 2.21. The van der Waals surface area contributed by atoms with Crippen LogP contribution >= 0.6 is 11.3 Å². The summed E-state index contributed by atoms with van der Waals surface area (Å²) in [6, 6.07) is 14.9. The average molecular weight is 452 g/mol. The highest BCUT2D eigenvalue weighted by Gasteiger charge is 2.16. The van der Waals surface area contributed by atoms with Crippen LogP contribution in [0.5, 0.6) is 0 Å². The number of amides is 1. The molecule has 0 fully saturated rings. The molecule has 2 aromatic carbocycles. The SMILES string of the molecule is CNS(=O)(=O)c1cccc(NC(=O)c2ccc(NS(=O)(=O)c3cccs3)cc2)c1. The average Bonchev–Trinajstić information content (AvgIpc) is 3.24. The van der Waals surface area contributed by atoms with Gasteiger partial charge in [0.25, 0.3) is 15.9 Å². The van der Waals surface area contributed by atoms with Crippen LogP contribution in [0.25, 0.3) is 0 Å². The lowest BCUT2D eigenvalue weighted by molar-refractivity contribution is 0.102. The van der Waals surface area contributed by atoms with Crippen molar-refractivity contribution in [2.75, 3.05) is 17.1 Å². The van der Waals surface area contributed by atoms with Gasteiger partial charge in [-0.2, -0.15) is 0 Å². The van der Waals surface area contributed by atoms with E-state index in [4.69, 9.17) is 0 Å².